The molecule has 0 aliphatic heterocycles. The van der Waals surface area contributed by atoms with E-state index in [0.29, 0.717) is 18.2 Å². The number of hydrogen-bond donors (Lipinski definition) is 2. The van der Waals surface area contributed by atoms with Gasteiger partial charge in [-0.25, -0.2) is 9.78 Å². The molecule has 0 aliphatic rings. The minimum absolute atomic E-state index is 0.242. The number of ether oxygens (including phenoxy) is 1. The van der Waals surface area contributed by atoms with Crippen LogP contribution in [0.15, 0.2) is 53.1 Å². The van der Waals surface area contributed by atoms with Crippen LogP contribution in [-0.2, 0) is 6.54 Å². The summed E-state index contributed by atoms with van der Waals surface area (Å²) in [6.07, 6.45) is 1.64. The summed E-state index contributed by atoms with van der Waals surface area (Å²) in [6.45, 7) is 2.21. The molecule has 3 aromatic rings. The number of carbonyl (C=O) groups is 1. The number of carbonyl (C=O) groups excluding carboxylic acids is 1. The molecule has 0 radical (unpaired) electrons. The number of amides is 2. The minimum atomic E-state index is -0.283. The lowest BCUT2D eigenvalue weighted by atomic mass is 10.2. The molecule has 0 saturated heterocycles. The van der Waals surface area contributed by atoms with Crippen molar-refractivity contribution in [2.24, 2.45) is 0 Å². The van der Waals surface area contributed by atoms with Gasteiger partial charge in [-0.2, -0.15) is 0 Å². The van der Waals surface area contributed by atoms with Crippen molar-refractivity contribution in [2.75, 3.05) is 7.11 Å². The topological polar surface area (TPSA) is 76.4 Å². The number of para-hydroxylation sites is 1. The van der Waals surface area contributed by atoms with E-state index in [1.807, 2.05) is 43.3 Å². The van der Waals surface area contributed by atoms with Gasteiger partial charge in [-0.3, -0.25) is 0 Å². The van der Waals surface area contributed by atoms with E-state index in [1.165, 1.54) is 0 Å². The van der Waals surface area contributed by atoms with E-state index in [0.717, 1.165) is 16.5 Å². The molecule has 124 valence electrons. The molecule has 0 unspecified atom stereocenters. The van der Waals surface area contributed by atoms with Crippen molar-refractivity contribution in [1.82, 2.24) is 15.6 Å². The van der Waals surface area contributed by atoms with Gasteiger partial charge in [0, 0.05) is 23.7 Å². The molecule has 2 heterocycles. The third kappa shape index (κ3) is 3.48. The Morgan fingerprint density at radius 3 is 2.92 bits per heavy atom. The van der Waals surface area contributed by atoms with Crippen molar-refractivity contribution in [1.29, 1.82) is 0 Å². The summed E-state index contributed by atoms with van der Waals surface area (Å²) in [6, 6.07) is 12.8. The molecule has 2 amide bonds. The number of methoxy groups -OCH3 is 1. The maximum Gasteiger partial charge on any atom is 0.315 e. The molecule has 6 heteroatoms. The zero-order valence-corrected chi connectivity index (χ0v) is 13.6. The first kappa shape index (κ1) is 15.9. The zero-order valence-electron chi connectivity index (χ0n) is 13.6. The van der Waals surface area contributed by atoms with Crippen molar-refractivity contribution in [3.8, 4) is 5.88 Å². The average Bonchev–Trinajstić information content (AvgIpc) is 3.04. The normalized spacial score (nSPS) is 11.9. The van der Waals surface area contributed by atoms with E-state index in [9.17, 15) is 4.79 Å². The second-order valence-corrected chi connectivity index (χ2v) is 5.41. The Bertz CT molecular complexity index is 811. The molecule has 2 N–H and O–H groups in total. The van der Waals surface area contributed by atoms with Crippen molar-refractivity contribution < 1.29 is 13.9 Å². The van der Waals surface area contributed by atoms with Gasteiger partial charge >= 0.3 is 6.03 Å². The Balaban J connectivity index is 1.60. The number of aromatic nitrogens is 1. The Labute approximate surface area is 139 Å². The van der Waals surface area contributed by atoms with Gasteiger partial charge in [0.1, 0.15) is 11.3 Å². The molecule has 0 spiro atoms. The zero-order chi connectivity index (χ0) is 16.9. The Morgan fingerprint density at radius 2 is 2.12 bits per heavy atom. The fourth-order valence-corrected chi connectivity index (χ4v) is 2.45. The summed E-state index contributed by atoms with van der Waals surface area (Å²) < 4.78 is 10.9. The number of fused-ring (bicyclic) bond motifs is 1. The Morgan fingerprint density at radius 1 is 1.29 bits per heavy atom. The van der Waals surface area contributed by atoms with Gasteiger partial charge in [-0.05, 0) is 25.1 Å². The number of furan rings is 1. The van der Waals surface area contributed by atoms with Gasteiger partial charge in [-0.15, -0.1) is 0 Å². The predicted molar refractivity (Wildman–Crippen MR) is 90.8 cm³/mol. The van der Waals surface area contributed by atoms with Crippen molar-refractivity contribution in [3.05, 3.63) is 60.0 Å². The van der Waals surface area contributed by atoms with Gasteiger partial charge in [0.15, 0.2) is 0 Å². The third-order valence-corrected chi connectivity index (χ3v) is 3.70. The number of rotatable bonds is 5. The van der Waals surface area contributed by atoms with E-state index >= 15 is 0 Å². The lowest BCUT2D eigenvalue weighted by molar-refractivity contribution is 0.236. The molecule has 3 rings (SSSR count). The molecule has 2 aromatic heterocycles. The molecule has 0 saturated carbocycles. The maximum absolute atomic E-state index is 12.1. The van der Waals surface area contributed by atoms with Crippen LogP contribution >= 0.6 is 0 Å². The van der Waals surface area contributed by atoms with Crippen LogP contribution in [-0.4, -0.2) is 18.1 Å². The standard InChI is InChI=1S/C18H19N3O3/c1-12(16-10-13-6-3-4-8-15(13)24-16)21-18(22)20-11-14-7-5-9-19-17(14)23-2/h3-10,12H,11H2,1-2H3,(H2,20,21,22)/t12-/m1/s1. The second kappa shape index (κ2) is 7.04. The average molecular weight is 325 g/mol. The maximum atomic E-state index is 12.1. The molecular weight excluding hydrogens is 306 g/mol. The van der Waals surface area contributed by atoms with E-state index in [-0.39, 0.29) is 12.1 Å². The van der Waals surface area contributed by atoms with E-state index in [2.05, 4.69) is 15.6 Å². The van der Waals surface area contributed by atoms with Crippen LogP contribution in [0, 0.1) is 0 Å². The molecular formula is C18H19N3O3. The molecule has 1 aromatic carbocycles. The van der Waals surface area contributed by atoms with Crippen LogP contribution < -0.4 is 15.4 Å². The fraction of sp³-hybridized carbons (Fsp3) is 0.222. The van der Waals surface area contributed by atoms with Crippen LogP contribution in [0.25, 0.3) is 11.0 Å². The number of nitrogens with zero attached hydrogens (tertiary/aromatic N) is 1. The largest absolute Gasteiger partial charge is 0.481 e. The number of benzene rings is 1. The van der Waals surface area contributed by atoms with Crippen molar-refractivity contribution in [2.45, 2.75) is 19.5 Å². The van der Waals surface area contributed by atoms with Gasteiger partial charge < -0.3 is 19.8 Å². The Hall–Kier alpha value is -3.02. The first-order chi connectivity index (χ1) is 11.7. The minimum Gasteiger partial charge on any atom is -0.481 e. The van der Waals surface area contributed by atoms with Gasteiger partial charge in [0.2, 0.25) is 5.88 Å². The summed E-state index contributed by atoms with van der Waals surface area (Å²) in [7, 11) is 1.55. The number of pyridine rings is 1. The highest BCUT2D eigenvalue weighted by atomic mass is 16.5. The summed E-state index contributed by atoms with van der Waals surface area (Å²) in [5.41, 5.74) is 1.62. The number of urea groups is 1. The van der Waals surface area contributed by atoms with Crippen molar-refractivity contribution in [3.63, 3.8) is 0 Å². The van der Waals surface area contributed by atoms with Gasteiger partial charge in [0.25, 0.3) is 0 Å². The smallest absolute Gasteiger partial charge is 0.315 e. The second-order valence-electron chi connectivity index (χ2n) is 5.41. The van der Waals surface area contributed by atoms with Crippen LogP contribution in [0.5, 0.6) is 5.88 Å². The SMILES string of the molecule is COc1ncccc1CNC(=O)N[C@H](C)c1cc2ccccc2o1. The Kier molecular flexibility index (Phi) is 4.65. The van der Waals surface area contributed by atoms with Crippen LogP contribution in [0.3, 0.4) is 0 Å². The lowest BCUT2D eigenvalue weighted by Crippen LogP contribution is -2.36. The van der Waals surface area contributed by atoms with E-state index in [4.69, 9.17) is 9.15 Å². The monoisotopic (exact) mass is 325 g/mol. The highest BCUT2D eigenvalue weighted by Crippen LogP contribution is 2.23. The molecule has 0 aliphatic carbocycles. The first-order valence-electron chi connectivity index (χ1n) is 7.68. The fourth-order valence-electron chi connectivity index (χ4n) is 2.45. The molecule has 0 fully saturated rings. The summed E-state index contributed by atoms with van der Waals surface area (Å²) in [5, 5.41) is 6.67. The van der Waals surface area contributed by atoms with Crippen molar-refractivity contribution >= 4 is 17.0 Å². The van der Waals surface area contributed by atoms with Crippen LogP contribution in [0.2, 0.25) is 0 Å². The summed E-state index contributed by atoms with van der Waals surface area (Å²) in [4.78, 5) is 16.2. The molecule has 6 nitrogen and oxygen atoms in total. The van der Waals surface area contributed by atoms with E-state index in [1.54, 1.807) is 19.4 Å². The highest BCUT2D eigenvalue weighted by Gasteiger charge is 2.14. The number of hydrogen-bond acceptors (Lipinski definition) is 4. The van der Waals surface area contributed by atoms with Crippen LogP contribution in [0.4, 0.5) is 4.79 Å². The lowest BCUT2D eigenvalue weighted by Gasteiger charge is -2.13. The summed E-state index contributed by atoms with van der Waals surface area (Å²) in [5.74, 6) is 1.22. The summed E-state index contributed by atoms with van der Waals surface area (Å²) >= 11 is 0. The van der Waals surface area contributed by atoms with Gasteiger partial charge in [0.05, 0.1) is 13.2 Å². The third-order valence-electron chi connectivity index (χ3n) is 3.70. The first-order valence-corrected chi connectivity index (χ1v) is 7.68. The van der Waals surface area contributed by atoms with E-state index < -0.39 is 0 Å². The highest BCUT2D eigenvalue weighted by molar-refractivity contribution is 5.78. The molecule has 1 atom stereocenters. The molecule has 24 heavy (non-hydrogen) atoms. The van der Waals surface area contributed by atoms with Crippen LogP contribution in [0.1, 0.15) is 24.3 Å². The predicted octanol–water partition coefficient (Wildman–Crippen LogP) is 3.40. The van der Waals surface area contributed by atoms with Gasteiger partial charge in [-0.1, -0.05) is 24.3 Å². The number of nitrogens with one attached hydrogen (secondary N) is 2. The molecule has 0 bridgehead atoms. The quantitative estimate of drug-likeness (QED) is 0.754.